The lowest BCUT2D eigenvalue weighted by molar-refractivity contribution is 0.0734. The highest BCUT2D eigenvalue weighted by Gasteiger charge is 2.25. The van der Waals surface area contributed by atoms with Crippen LogP contribution < -0.4 is 9.64 Å². The number of methoxy groups -OCH3 is 1. The summed E-state index contributed by atoms with van der Waals surface area (Å²) in [5.41, 5.74) is 1.77. The molecule has 1 aromatic heterocycles. The van der Waals surface area contributed by atoms with Crippen LogP contribution in [0.5, 0.6) is 5.75 Å². The molecule has 1 aliphatic heterocycles. The third kappa shape index (κ3) is 3.22. The molecule has 6 nitrogen and oxygen atoms in total. The number of hydrogen-bond acceptors (Lipinski definition) is 4. The Morgan fingerprint density at radius 2 is 1.92 bits per heavy atom. The number of para-hydroxylation sites is 2. The number of piperazine rings is 1. The quantitative estimate of drug-likeness (QED) is 0.845. The number of aryl methyl sites for hydroxylation is 1. The number of carbonyl (C=O) groups is 1. The number of aromatic nitrogens is 2. The Bertz CT molecular complexity index is 690. The average Bonchev–Trinajstić information content (AvgIpc) is 3.10. The Hall–Kier alpha value is -2.50. The summed E-state index contributed by atoms with van der Waals surface area (Å²) in [4.78, 5) is 16.9. The van der Waals surface area contributed by atoms with Gasteiger partial charge < -0.3 is 14.5 Å². The smallest absolute Gasteiger partial charge is 0.272 e. The van der Waals surface area contributed by atoms with Gasteiger partial charge in [-0.05, 0) is 24.6 Å². The average molecular weight is 328 g/mol. The Morgan fingerprint density at radius 1 is 1.17 bits per heavy atom. The lowest BCUT2D eigenvalue weighted by atomic mass is 10.2. The first-order valence-electron chi connectivity index (χ1n) is 8.43. The van der Waals surface area contributed by atoms with Crippen LogP contribution in [-0.4, -0.2) is 53.9 Å². The molecule has 3 rings (SSSR count). The minimum atomic E-state index is 0.0700. The predicted molar refractivity (Wildman–Crippen MR) is 93.6 cm³/mol. The molecule has 0 spiro atoms. The van der Waals surface area contributed by atoms with E-state index in [4.69, 9.17) is 4.74 Å². The molecule has 0 radical (unpaired) electrons. The first-order chi connectivity index (χ1) is 11.7. The Labute approximate surface area is 142 Å². The Balaban J connectivity index is 1.66. The van der Waals surface area contributed by atoms with E-state index in [0.29, 0.717) is 18.8 Å². The monoisotopic (exact) mass is 328 g/mol. The van der Waals surface area contributed by atoms with Crippen LogP contribution in [0.1, 0.15) is 23.8 Å². The van der Waals surface area contributed by atoms with Crippen molar-refractivity contribution in [3.8, 4) is 5.75 Å². The van der Waals surface area contributed by atoms with Crippen LogP contribution in [0, 0.1) is 0 Å². The van der Waals surface area contributed by atoms with E-state index in [0.717, 1.165) is 37.5 Å². The normalized spacial score (nSPS) is 14.8. The number of nitrogens with zero attached hydrogens (tertiary/aromatic N) is 4. The van der Waals surface area contributed by atoms with Crippen LogP contribution in [0.25, 0.3) is 0 Å². The summed E-state index contributed by atoms with van der Waals surface area (Å²) in [5, 5.41) is 4.25. The lowest BCUT2D eigenvalue weighted by Gasteiger charge is -2.36. The number of anilines is 1. The van der Waals surface area contributed by atoms with E-state index in [1.54, 1.807) is 18.0 Å². The largest absolute Gasteiger partial charge is 0.495 e. The molecule has 1 aromatic carbocycles. The summed E-state index contributed by atoms with van der Waals surface area (Å²) in [6, 6.07) is 9.82. The number of ether oxygens (including phenoxy) is 1. The third-order valence-electron chi connectivity index (χ3n) is 4.36. The van der Waals surface area contributed by atoms with Crippen LogP contribution in [0.15, 0.2) is 36.5 Å². The highest BCUT2D eigenvalue weighted by molar-refractivity contribution is 5.92. The Kier molecular flexibility index (Phi) is 5.03. The van der Waals surface area contributed by atoms with Gasteiger partial charge in [-0.15, -0.1) is 0 Å². The first-order valence-corrected chi connectivity index (χ1v) is 8.43. The van der Waals surface area contributed by atoms with Crippen molar-refractivity contribution < 1.29 is 9.53 Å². The zero-order chi connectivity index (χ0) is 16.9. The maximum Gasteiger partial charge on any atom is 0.272 e. The number of rotatable bonds is 5. The summed E-state index contributed by atoms with van der Waals surface area (Å²) in [5.74, 6) is 0.943. The molecule has 24 heavy (non-hydrogen) atoms. The first kappa shape index (κ1) is 16.4. The molecule has 0 bridgehead atoms. The molecule has 128 valence electrons. The zero-order valence-corrected chi connectivity index (χ0v) is 14.3. The summed E-state index contributed by atoms with van der Waals surface area (Å²) >= 11 is 0. The highest BCUT2D eigenvalue weighted by atomic mass is 16.5. The predicted octanol–water partition coefficient (Wildman–Crippen LogP) is 2.26. The second-order valence-electron chi connectivity index (χ2n) is 5.89. The van der Waals surface area contributed by atoms with E-state index in [2.05, 4.69) is 23.0 Å². The van der Waals surface area contributed by atoms with E-state index in [1.165, 1.54) is 0 Å². The molecule has 2 heterocycles. The highest BCUT2D eigenvalue weighted by Crippen LogP contribution is 2.28. The maximum absolute atomic E-state index is 12.7. The van der Waals surface area contributed by atoms with Gasteiger partial charge in [0, 0.05) is 38.9 Å². The van der Waals surface area contributed by atoms with E-state index >= 15 is 0 Å². The van der Waals surface area contributed by atoms with Gasteiger partial charge in [0.1, 0.15) is 11.4 Å². The van der Waals surface area contributed by atoms with Crippen LogP contribution in [0.3, 0.4) is 0 Å². The van der Waals surface area contributed by atoms with Gasteiger partial charge in [-0.2, -0.15) is 5.10 Å². The summed E-state index contributed by atoms with van der Waals surface area (Å²) in [6.45, 7) is 5.86. The minimum absolute atomic E-state index is 0.0700. The lowest BCUT2D eigenvalue weighted by Crippen LogP contribution is -2.49. The van der Waals surface area contributed by atoms with Gasteiger partial charge in [-0.1, -0.05) is 19.1 Å². The molecule has 1 aliphatic rings. The molecule has 1 fully saturated rings. The van der Waals surface area contributed by atoms with Crippen molar-refractivity contribution in [3.05, 3.63) is 42.2 Å². The molecular formula is C18H24N4O2. The van der Waals surface area contributed by atoms with Gasteiger partial charge in [0.15, 0.2) is 0 Å². The summed E-state index contributed by atoms with van der Waals surface area (Å²) < 4.78 is 7.24. The summed E-state index contributed by atoms with van der Waals surface area (Å²) in [7, 11) is 1.69. The second-order valence-corrected chi connectivity index (χ2v) is 5.89. The number of benzene rings is 1. The third-order valence-corrected chi connectivity index (χ3v) is 4.36. The fourth-order valence-corrected chi connectivity index (χ4v) is 3.11. The molecule has 1 amide bonds. The van der Waals surface area contributed by atoms with Crippen LogP contribution in [0.4, 0.5) is 5.69 Å². The molecule has 0 saturated carbocycles. The maximum atomic E-state index is 12.7. The van der Waals surface area contributed by atoms with Gasteiger partial charge >= 0.3 is 0 Å². The molecule has 0 N–H and O–H groups in total. The van der Waals surface area contributed by atoms with Gasteiger partial charge in [-0.25, -0.2) is 0 Å². The van der Waals surface area contributed by atoms with Gasteiger partial charge in [0.2, 0.25) is 0 Å². The van der Waals surface area contributed by atoms with Crippen molar-refractivity contribution in [1.82, 2.24) is 14.7 Å². The van der Waals surface area contributed by atoms with Crippen molar-refractivity contribution in [3.63, 3.8) is 0 Å². The second kappa shape index (κ2) is 7.38. The summed E-state index contributed by atoms with van der Waals surface area (Å²) in [6.07, 6.45) is 2.66. The number of hydrogen-bond donors (Lipinski definition) is 0. The number of amides is 1. The van der Waals surface area contributed by atoms with E-state index in [-0.39, 0.29) is 5.91 Å². The van der Waals surface area contributed by atoms with Gasteiger partial charge in [0.05, 0.1) is 12.8 Å². The van der Waals surface area contributed by atoms with Crippen molar-refractivity contribution in [2.24, 2.45) is 0 Å². The molecule has 6 heteroatoms. The Morgan fingerprint density at radius 3 is 2.62 bits per heavy atom. The standard InChI is InChI=1S/C18H24N4O2/c1-3-10-22-16(8-9-19-22)18(23)21-13-11-20(12-14-21)15-6-4-5-7-17(15)24-2/h4-9H,3,10-14H2,1-2H3. The molecule has 0 aliphatic carbocycles. The van der Waals surface area contributed by atoms with Gasteiger partial charge in [-0.3, -0.25) is 9.48 Å². The minimum Gasteiger partial charge on any atom is -0.495 e. The number of carbonyl (C=O) groups excluding carboxylic acids is 1. The zero-order valence-electron chi connectivity index (χ0n) is 14.3. The van der Waals surface area contributed by atoms with Crippen LogP contribution in [0.2, 0.25) is 0 Å². The van der Waals surface area contributed by atoms with Crippen LogP contribution in [-0.2, 0) is 6.54 Å². The van der Waals surface area contributed by atoms with E-state index < -0.39 is 0 Å². The molecular weight excluding hydrogens is 304 g/mol. The van der Waals surface area contributed by atoms with Crippen molar-refractivity contribution in [1.29, 1.82) is 0 Å². The van der Waals surface area contributed by atoms with Crippen molar-refractivity contribution >= 4 is 11.6 Å². The van der Waals surface area contributed by atoms with Crippen molar-refractivity contribution in [2.45, 2.75) is 19.9 Å². The van der Waals surface area contributed by atoms with Crippen molar-refractivity contribution in [2.75, 3.05) is 38.2 Å². The van der Waals surface area contributed by atoms with Gasteiger partial charge in [0.25, 0.3) is 5.91 Å². The fraction of sp³-hybridized carbons (Fsp3) is 0.444. The van der Waals surface area contributed by atoms with E-state index in [1.807, 2.05) is 29.2 Å². The molecule has 2 aromatic rings. The fourth-order valence-electron chi connectivity index (χ4n) is 3.11. The topological polar surface area (TPSA) is 50.6 Å². The molecule has 0 atom stereocenters. The SMILES string of the molecule is CCCn1nccc1C(=O)N1CCN(c2ccccc2OC)CC1. The van der Waals surface area contributed by atoms with Crippen LogP contribution >= 0.6 is 0 Å². The molecule has 1 saturated heterocycles. The molecule has 0 unspecified atom stereocenters. The van der Waals surface area contributed by atoms with E-state index in [9.17, 15) is 4.79 Å².